The van der Waals surface area contributed by atoms with Crippen molar-refractivity contribution in [1.29, 1.82) is 0 Å². The van der Waals surface area contributed by atoms with Gasteiger partial charge < -0.3 is 9.47 Å². The first-order valence-corrected chi connectivity index (χ1v) is 19.2. The van der Waals surface area contributed by atoms with Crippen molar-refractivity contribution in [3.8, 4) is 50.2 Å². The number of anilines is 3. The zero-order valence-electron chi connectivity index (χ0n) is 30.8. The molecular weight excluding hydrogens is 677 g/mol. The lowest BCUT2D eigenvalue weighted by molar-refractivity contribution is 1.18. The Morgan fingerprint density at radius 3 is 1.30 bits per heavy atom. The highest BCUT2D eigenvalue weighted by Crippen LogP contribution is 2.41. The molecule has 1 aromatic heterocycles. The fourth-order valence-electron chi connectivity index (χ4n) is 8.13. The molecule has 0 saturated heterocycles. The lowest BCUT2D eigenvalue weighted by Gasteiger charge is -2.25. The Kier molecular flexibility index (Phi) is 8.55. The zero-order valence-corrected chi connectivity index (χ0v) is 30.8. The minimum Gasteiger partial charge on any atom is -0.311 e. The Labute approximate surface area is 327 Å². The zero-order chi connectivity index (χ0) is 37.3. The van der Waals surface area contributed by atoms with E-state index in [1.807, 2.05) is 0 Å². The quantitative estimate of drug-likeness (QED) is 0.152. The second-order valence-corrected chi connectivity index (χ2v) is 14.2. The normalized spacial score (nSPS) is 11.2. The molecule has 0 amide bonds. The van der Waals surface area contributed by atoms with Crippen molar-refractivity contribution in [2.45, 2.75) is 0 Å². The van der Waals surface area contributed by atoms with Gasteiger partial charge >= 0.3 is 0 Å². The third kappa shape index (κ3) is 6.14. The molecule has 0 spiro atoms. The summed E-state index contributed by atoms with van der Waals surface area (Å²) in [5.41, 5.74) is 16.4. The van der Waals surface area contributed by atoms with E-state index in [9.17, 15) is 0 Å². The summed E-state index contributed by atoms with van der Waals surface area (Å²) in [5, 5.41) is 2.48. The van der Waals surface area contributed by atoms with E-state index in [0.717, 1.165) is 22.7 Å². The average molecular weight is 715 g/mol. The van der Waals surface area contributed by atoms with Gasteiger partial charge in [0.25, 0.3) is 0 Å². The molecule has 56 heavy (non-hydrogen) atoms. The highest BCUT2D eigenvalue weighted by molar-refractivity contribution is 6.10. The van der Waals surface area contributed by atoms with E-state index in [1.165, 1.54) is 66.3 Å². The highest BCUT2D eigenvalue weighted by atomic mass is 15.1. The molecule has 0 N–H and O–H groups in total. The van der Waals surface area contributed by atoms with E-state index in [0.29, 0.717) is 0 Å². The van der Waals surface area contributed by atoms with Crippen molar-refractivity contribution in [3.63, 3.8) is 0 Å². The van der Waals surface area contributed by atoms with Crippen LogP contribution in [0.5, 0.6) is 0 Å². The number of nitrogens with zero attached hydrogens (tertiary/aromatic N) is 2. The van der Waals surface area contributed by atoms with Crippen molar-refractivity contribution >= 4 is 38.9 Å². The number of hydrogen-bond acceptors (Lipinski definition) is 1. The van der Waals surface area contributed by atoms with Crippen LogP contribution in [0.3, 0.4) is 0 Å². The second kappa shape index (κ2) is 14.4. The summed E-state index contributed by atoms with van der Waals surface area (Å²) in [6, 6.07) is 83.0. The summed E-state index contributed by atoms with van der Waals surface area (Å²) in [7, 11) is 0. The fourth-order valence-corrected chi connectivity index (χ4v) is 8.13. The molecule has 0 aliphatic carbocycles. The summed E-state index contributed by atoms with van der Waals surface area (Å²) in [6.45, 7) is 0. The van der Waals surface area contributed by atoms with Crippen molar-refractivity contribution in [1.82, 2.24) is 4.57 Å². The van der Waals surface area contributed by atoms with Crippen LogP contribution < -0.4 is 4.90 Å². The summed E-state index contributed by atoms with van der Waals surface area (Å²) in [5.74, 6) is 0. The van der Waals surface area contributed by atoms with Gasteiger partial charge in [-0.2, -0.15) is 0 Å². The van der Waals surface area contributed by atoms with Crippen LogP contribution in [0.1, 0.15) is 0 Å². The monoisotopic (exact) mass is 714 g/mol. The Morgan fingerprint density at radius 1 is 0.268 bits per heavy atom. The summed E-state index contributed by atoms with van der Waals surface area (Å²) >= 11 is 0. The van der Waals surface area contributed by atoms with Crippen LogP contribution in [-0.2, 0) is 0 Å². The van der Waals surface area contributed by atoms with Gasteiger partial charge in [-0.25, -0.2) is 0 Å². The predicted octanol–water partition coefficient (Wildman–Crippen LogP) is 14.9. The molecule has 0 radical (unpaired) electrons. The minimum absolute atomic E-state index is 1.11. The lowest BCUT2D eigenvalue weighted by Crippen LogP contribution is -2.09. The first-order valence-electron chi connectivity index (χ1n) is 19.2. The van der Waals surface area contributed by atoms with Gasteiger partial charge in [0, 0.05) is 33.5 Å². The van der Waals surface area contributed by atoms with Gasteiger partial charge in [0.2, 0.25) is 0 Å². The lowest BCUT2D eigenvalue weighted by atomic mass is 9.93. The SMILES string of the molecule is c1ccc(-c2cc(-c3ccccc3)cc(-n3c4ccccc4c4ccc(-c5ccccc5-c5ccc(N(c6ccccc6)c6ccccc6)cc5)cc43)c2)cc1. The van der Waals surface area contributed by atoms with Gasteiger partial charge in [-0.1, -0.05) is 164 Å². The maximum Gasteiger partial charge on any atom is 0.0547 e. The van der Waals surface area contributed by atoms with E-state index in [-0.39, 0.29) is 0 Å². The fraction of sp³-hybridized carbons (Fsp3) is 0. The largest absolute Gasteiger partial charge is 0.311 e. The Hall–Kier alpha value is -7.42. The van der Waals surface area contributed by atoms with Crippen LogP contribution in [0, 0.1) is 0 Å². The molecule has 0 fully saturated rings. The number of rotatable bonds is 8. The Balaban J connectivity index is 1.11. The number of aromatic nitrogens is 1. The molecule has 0 aliphatic rings. The average Bonchev–Trinajstić information content (AvgIpc) is 3.62. The van der Waals surface area contributed by atoms with Crippen LogP contribution in [0.15, 0.2) is 231 Å². The Morgan fingerprint density at radius 2 is 0.714 bits per heavy atom. The molecule has 0 unspecified atom stereocenters. The van der Waals surface area contributed by atoms with Crippen LogP contribution in [0.4, 0.5) is 17.1 Å². The maximum atomic E-state index is 2.45. The topological polar surface area (TPSA) is 8.17 Å². The molecule has 2 heteroatoms. The van der Waals surface area contributed by atoms with Gasteiger partial charge in [0.05, 0.1) is 11.0 Å². The van der Waals surface area contributed by atoms with Crippen molar-refractivity contribution < 1.29 is 0 Å². The highest BCUT2D eigenvalue weighted by Gasteiger charge is 2.17. The van der Waals surface area contributed by atoms with E-state index in [4.69, 9.17) is 0 Å². The maximum absolute atomic E-state index is 2.45. The first-order chi connectivity index (χ1) is 27.8. The first kappa shape index (κ1) is 33.2. The standard InChI is InChI=1S/C54H38N2/c1-5-17-39(18-6-1)43-35-44(40-19-7-2-8-20-40)37-48(36-43)56-53-28-16-15-27-51(53)52-34-31-42(38-54(52)56)50-26-14-13-25-49(50)41-29-32-47(33-30-41)55(45-21-9-3-10-22-45)46-23-11-4-12-24-46/h1-38H. The van der Waals surface area contributed by atoms with Crippen LogP contribution in [0.25, 0.3) is 72.0 Å². The van der Waals surface area contributed by atoms with E-state index < -0.39 is 0 Å². The van der Waals surface area contributed by atoms with E-state index in [1.54, 1.807) is 0 Å². The molecule has 2 nitrogen and oxygen atoms in total. The minimum atomic E-state index is 1.11. The van der Waals surface area contributed by atoms with Crippen molar-refractivity contribution in [2.75, 3.05) is 4.90 Å². The molecule has 1 heterocycles. The number of para-hydroxylation sites is 3. The van der Waals surface area contributed by atoms with Crippen molar-refractivity contribution in [3.05, 3.63) is 231 Å². The molecule has 9 aromatic carbocycles. The molecule has 0 bridgehead atoms. The van der Waals surface area contributed by atoms with Gasteiger partial charge in [-0.3, -0.25) is 0 Å². The van der Waals surface area contributed by atoms with Gasteiger partial charge in [0.15, 0.2) is 0 Å². The van der Waals surface area contributed by atoms with E-state index >= 15 is 0 Å². The Bertz CT molecular complexity index is 2830. The van der Waals surface area contributed by atoms with Crippen LogP contribution >= 0.6 is 0 Å². The third-order valence-corrected chi connectivity index (χ3v) is 10.8. The second-order valence-electron chi connectivity index (χ2n) is 14.2. The molecular formula is C54H38N2. The summed E-state index contributed by atoms with van der Waals surface area (Å²) < 4.78 is 2.45. The van der Waals surface area contributed by atoms with Gasteiger partial charge in [-0.05, 0) is 111 Å². The molecule has 0 aliphatic heterocycles. The molecule has 10 rings (SSSR count). The number of hydrogen-bond donors (Lipinski definition) is 0. The van der Waals surface area contributed by atoms with Gasteiger partial charge in [0.1, 0.15) is 0 Å². The molecule has 0 atom stereocenters. The smallest absolute Gasteiger partial charge is 0.0547 e. The predicted molar refractivity (Wildman–Crippen MR) is 237 cm³/mol. The van der Waals surface area contributed by atoms with Crippen LogP contribution in [0.2, 0.25) is 0 Å². The summed E-state index contributed by atoms with van der Waals surface area (Å²) in [6.07, 6.45) is 0. The van der Waals surface area contributed by atoms with Gasteiger partial charge in [-0.15, -0.1) is 0 Å². The molecule has 10 aromatic rings. The number of benzene rings is 9. The van der Waals surface area contributed by atoms with Crippen molar-refractivity contribution in [2.24, 2.45) is 0 Å². The third-order valence-electron chi connectivity index (χ3n) is 10.8. The summed E-state index contributed by atoms with van der Waals surface area (Å²) in [4.78, 5) is 2.30. The molecule has 0 saturated carbocycles. The van der Waals surface area contributed by atoms with E-state index in [2.05, 4.69) is 240 Å². The van der Waals surface area contributed by atoms with Crippen LogP contribution in [-0.4, -0.2) is 4.57 Å². The number of fused-ring (bicyclic) bond motifs is 3. The molecule has 264 valence electrons.